The number of nitro benzene ring substituents is 1. The van der Waals surface area contributed by atoms with Crippen molar-refractivity contribution in [3.63, 3.8) is 0 Å². The summed E-state index contributed by atoms with van der Waals surface area (Å²) < 4.78 is 0. The Bertz CT molecular complexity index is 1110. The zero-order valence-corrected chi connectivity index (χ0v) is 21.1. The van der Waals surface area contributed by atoms with Gasteiger partial charge in [-0.05, 0) is 92.9 Å². The van der Waals surface area contributed by atoms with Crippen molar-refractivity contribution in [2.75, 3.05) is 36.4 Å². The second kappa shape index (κ2) is 9.09. The Labute approximate surface area is 213 Å². The summed E-state index contributed by atoms with van der Waals surface area (Å²) in [5.74, 6) is 2.59. The largest absolute Gasteiger partial charge is 0.376 e. The summed E-state index contributed by atoms with van der Waals surface area (Å²) >= 11 is 0. The van der Waals surface area contributed by atoms with E-state index in [0.29, 0.717) is 37.4 Å². The van der Waals surface area contributed by atoms with Crippen LogP contribution >= 0.6 is 0 Å². The lowest BCUT2D eigenvalue weighted by Gasteiger charge is -2.59. The van der Waals surface area contributed by atoms with Gasteiger partial charge < -0.3 is 15.1 Å². The number of nitrogens with zero attached hydrogens (tertiary/aromatic N) is 3. The molecule has 2 aromatic rings. The predicted molar refractivity (Wildman–Crippen MR) is 141 cm³/mol. The van der Waals surface area contributed by atoms with Gasteiger partial charge in [0.15, 0.2) is 0 Å². The van der Waals surface area contributed by atoms with Crippen LogP contribution in [0.4, 0.5) is 17.1 Å². The van der Waals surface area contributed by atoms with E-state index in [1.165, 1.54) is 38.5 Å². The van der Waals surface area contributed by atoms with Gasteiger partial charge in [-0.25, -0.2) is 0 Å². The summed E-state index contributed by atoms with van der Waals surface area (Å²) in [6, 6.07) is 15.1. The monoisotopic (exact) mass is 488 g/mol. The topological polar surface area (TPSA) is 78.7 Å². The number of piperazine rings is 1. The van der Waals surface area contributed by atoms with Crippen LogP contribution in [-0.2, 0) is 0 Å². The third-order valence-corrected chi connectivity index (χ3v) is 9.51. The molecule has 4 aliphatic carbocycles. The smallest absolute Gasteiger partial charge is 0.292 e. The molecule has 1 atom stereocenters. The van der Waals surface area contributed by atoms with Crippen molar-refractivity contribution in [1.29, 1.82) is 0 Å². The fourth-order valence-corrected chi connectivity index (χ4v) is 8.02. The summed E-state index contributed by atoms with van der Waals surface area (Å²) in [6.07, 6.45) is 7.95. The van der Waals surface area contributed by atoms with Crippen molar-refractivity contribution in [1.82, 2.24) is 4.90 Å². The second-order valence-corrected chi connectivity index (χ2v) is 11.7. The number of nitro groups is 1. The molecule has 2 aromatic carbocycles. The molecule has 190 valence electrons. The minimum absolute atomic E-state index is 0.0608. The maximum absolute atomic E-state index is 12.8. The maximum Gasteiger partial charge on any atom is 0.292 e. The normalized spacial score (nSPS) is 29.8. The third-order valence-electron chi connectivity index (χ3n) is 9.51. The van der Waals surface area contributed by atoms with Gasteiger partial charge in [0.2, 0.25) is 0 Å². The van der Waals surface area contributed by atoms with E-state index in [-0.39, 0.29) is 28.0 Å². The SMILES string of the molecule is CC(Nc1cc(N2CCN(C(=O)c3ccccc3)CC2)ccc1[N+](=O)[O-])C12CC3CC(CC(C3)C1)C2. The van der Waals surface area contributed by atoms with Crippen molar-refractivity contribution < 1.29 is 9.72 Å². The Morgan fingerprint density at radius 3 is 2.17 bits per heavy atom. The van der Waals surface area contributed by atoms with Gasteiger partial charge in [-0.3, -0.25) is 14.9 Å². The van der Waals surface area contributed by atoms with Crippen molar-refractivity contribution in [2.24, 2.45) is 23.2 Å². The molecule has 4 bridgehead atoms. The van der Waals surface area contributed by atoms with E-state index in [0.717, 1.165) is 23.4 Å². The molecule has 5 fully saturated rings. The summed E-state index contributed by atoms with van der Waals surface area (Å²) in [4.78, 5) is 28.6. The summed E-state index contributed by atoms with van der Waals surface area (Å²) in [7, 11) is 0. The van der Waals surface area contributed by atoms with Crippen LogP contribution in [0.25, 0.3) is 0 Å². The molecule has 1 unspecified atom stereocenters. The van der Waals surface area contributed by atoms with E-state index in [9.17, 15) is 14.9 Å². The first kappa shape index (κ1) is 23.3. The standard InChI is InChI=1S/C29H36N4O3/c1-20(29-17-21-13-22(18-29)15-23(14-21)19-29)30-26-16-25(7-8-27(26)33(35)36)31-9-11-32(12-10-31)28(34)24-5-3-2-4-6-24/h2-8,16,20-23,30H,9-15,17-19H2,1H3. The molecule has 7 heteroatoms. The van der Waals surface area contributed by atoms with E-state index < -0.39 is 0 Å². The second-order valence-electron chi connectivity index (χ2n) is 11.7. The van der Waals surface area contributed by atoms with Gasteiger partial charge in [0.05, 0.1) is 4.92 Å². The first-order chi connectivity index (χ1) is 17.4. The number of benzene rings is 2. The van der Waals surface area contributed by atoms with Gasteiger partial charge in [-0.2, -0.15) is 0 Å². The van der Waals surface area contributed by atoms with Gasteiger partial charge in [-0.15, -0.1) is 0 Å². The van der Waals surface area contributed by atoms with E-state index in [1.807, 2.05) is 47.4 Å². The van der Waals surface area contributed by atoms with Gasteiger partial charge in [0.1, 0.15) is 5.69 Å². The van der Waals surface area contributed by atoms with Crippen LogP contribution in [0.2, 0.25) is 0 Å². The minimum atomic E-state index is -0.269. The lowest BCUT2D eigenvalue weighted by molar-refractivity contribution is -0.384. The highest BCUT2D eigenvalue weighted by molar-refractivity contribution is 5.94. The lowest BCUT2D eigenvalue weighted by Crippen LogP contribution is -2.53. The van der Waals surface area contributed by atoms with Gasteiger partial charge >= 0.3 is 0 Å². The van der Waals surface area contributed by atoms with Crippen LogP contribution in [0.5, 0.6) is 0 Å². The van der Waals surface area contributed by atoms with Crippen molar-refractivity contribution in [2.45, 2.75) is 51.5 Å². The van der Waals surface area contributed by atoms with E-state index in [2.05, 4.69) is 17.1 Å². The van der Waals surface area contributed by atoms with Gasteiger partial charge in [0, 0.05) is 49.5 Å². The van der Waals surface area contributed by atoms with Crippen LogP contribution in [-0.4, -0.2) is 48.0 Å². The Kier molecular flexibility index (Phi) is 5.89. The molecule has 1 N–H and O–H groups in total. The first-order valence-electron chi connectivity index (χ1n) is 13.5. The van der Waals surface area contributed by atoms with Gasteiger partial charge in [0.25, 0.3) is 11.6 Å². The summed E-state index contributed by atoms with van der Waals surface area (Å²) in [6.45, 7) is 4.94. The van der Waals surface area contributed by atoms with E-state index >= 15 is 0 Å². The zero-order valence-electron chi connectivity index (χ0n) is 21.1. The third kappa shape index (κ3) is 4.22. The van der Waals surface area contributed by atoms with Crippen LogP contribution in [0.3, 0.4) is 0 Å². The fraction of sp³-hybridized carbons (Fsp3) is 0.552. The van der Waals surface area contributed by atoms with Crippen molar-refractivity contribution in [3.05, 3.63) is 64.2 Å². The number of hydrogen-bond acceptors (Lipinski definition) is 5. The summed E-state index contributed by atoms with van der Waals surface area (Å²) in [5.41, 5.74) is 2.73. The van der Waals surface area contributed by atoms with Crippen LogP contribution < -0.4 is 10.2 Å². The molecule has 4 saturated carbocycles. The molecule has 7 rings (SSSR count). The molecule has 5 aliphatic rings. The number of carbonyl (C=O) groups is 1. The zero-order chi connectivity index (χ0) is 24.9. The molecule has 1 aliphatic heterocycles. The Morgan fingerprint density at radius 1 is 0.972 bits per heavy atom. The van der Waals surface area contributed by atoms with Crippen LogP contribution in [0.15, 0.2) is 48.5 Å². The molecule has 1 heterocycles. The number of rotatable bonds is 6. The number of hydrogen-bond donors (Lipinski definition) is 1. The molecule has 0 radical (unpaired) electrons. The Balaban J connectivity index is 1.17. The average molecular weight is 489 g/mol. The highest BCUT2D eigenvalue weighted by Crippen LogP contribution is 2.61. The molecule has 36 heavy (non-hydrogen) atoms. The van der Waals surface area contributed by atoms with Crippen LogP contribution in [0, 0.1) is 33.3 Å². The van der Waals surface area contributed by atoms with Crippen LogP contribution in [0.1, 0.15) is 55.8 Å². The number of amides is 1. The number of carbonyl (C=O) groups excluding carboxylic acids is 1. The molecule has 0 spiro atoms. The van der Waals surface area contributed by atoms with Gasteiger partial charge in [-0.1, -0.05) is 18.2 Å². The first-order valence-corrected chi connectivity index (χ1v) is 13.5. The van der Waals surface area contributed by atoms with Crippen molar-refractivity contribution >= 4 is 23.0 Å². The highest BCUT2D eigenvalue weighted by atomic mass is 16.6. The number of anilines is 2. The Hall–Kier alpha value is -3.09. The quantitative estimate of drug-likeness (QED) is 0.425. The Morgan fingerprint density at radius 2 is 1.58 bits per heavy atom. The molecule has 7 nitrogen and oxygen atoms in total. The molecule has 0 aromatic heterocycles. The van der Waals surface area contributed by atoms with E-state index in [1.54, 1.807) is 6.07 Å². The molecular formula is C29H36N4O3. The van der Waals surface area contributed by atoms with E-state index in [4.69, 9.17) is 0 Å². The fourth-order valence-electron chi connectivity index (χ4n) is 8.02. The molecular weight excluding hydrogens is 452 g/mol. The minimum Gasteiger partial charge on any atom is -0.376 e. The highest BCUT2D eigenvalue weighted by Gasteiger charge is 2.53. The summed E-state index contributed by atoms with van der Waals surface area (Å²) in [5, 5.41) is 15.5. The average Bonchev–Trinajstić information content (AvgIpc) is 2.88. The molecule has 1 saturated heterocycles. The lowest BCUT2D eigenvalue weighted by atomic mass is 9.48. The van der Waals surface area contributed by atoms with Crippen molar-refractivity contribution in [3.8, 4) is 0 Å². The maximum atomic E-state index is 12.8. The predicted octanol–water partition coefficient (Wildman–Crippen LogP) is 5.57. The number of nitrogens with one attached hydrogen (secondary N) is 1. The molecule has 1 amide bonds.